The summed E-state index contributed by atoms with van der Waals surface area (Å²) < 4.78 is 0. The molecule has 5 heteroatoms. The third-order valence-electron chi connectivity index (χ3n) is 3.84. The molecule has 1 aromatic rings. The van der Waals surface area contributed by atoms with E-state index in [4.69, 9.17) is 5.11 Å². The number of amides is 2. The zero-order chi connectivity index (χ0) is 15.1. The summed E-state index contributed by atoms with van der Waals surface area (Å²) in [5, 5.41) is 11.7. The standard InChI is InChI=1S/C16H22N2O3/c19-11-8-13-7-10-18(12-13)15(20)6-9-17-16(21)14-4-2-1-3-5-14/h1-5,13,19H,6-12H2,(H,17,21). The van der Waals surface area contributed by atoms with Crippen LogP contribution in [0.1, 0.15) is 29.6 Å². The van der Waals surface area contributed by atoms with Crippen molar-refractivity contribution in [3.05, 3.63) is 35.9 Å². The Morgan fingerprint density at radius 1 is 1.29 bits per heavy atom. The maximum absolute atomic E-state index is 12.0. The number of nitrogens with zero attached hydrogens (tertiary/aromatic N) is 1. The average Bonchev–Trinajstić information content (AvgIpc) is 2.97. The van der Waals surface area contributed by atoms with Gasteiger partial charge in [0, 0.05) is 38.2 Å². The van der Waals surface area contributed by atoms with E-state index < -0.39 is 0 Å². The van der Waals surface area contributed by atoms with Crippen LogP contribution in [0.2, 0.25) is 0 Å². The fourth-order valence-corrected chi connectivity index (χ4v) is 2.61. The van der Waals surface area contributed by atoms with Gasteiger partial charge in [-0.15, -0.1) is 0 Å². The van der Waals surface area contributed by atoms with Gasteiger partial charge in [0.05, 0.1) is 0 Å². The topological polar surface area (TPSA) is 69.6 Å². The van der Waals surface area contributed by atoms with Gasteiger partial charge in [-0.2, -0.15) is 0 Å². The number of hydrogen-bond acceptors (Lipinski definition) is 3. The van der Waals surface area contributed by atoms with Crippen LogP contribution in [0.5, 0.6) is 0 Å². The minimum absolute atomic E-state index is 0.0730. The van der Waals surface area contributed by atoms with E-state index in [0.29, 0.717) is 24.4 Å². The lowest BCUT2D eigenvalue weighted by Gasteiger charge is -2.16. The van der Waals surface area contributed by atoms with Crippen LogP contribution in [0.15, 0.2) is 30.3 Å². The first-order valence-corrected chi connectivity index (χ1v) is 7.42. The molecule has 0 aromatic heterocycles. The molecule has 2 amide bonds. The summed E-state index contributed by atoms with van der Waals surface area (Å²) in [6.45, 7) is 2.02. The van der Waals surface area contributed by atoms with Crippen LogP contribution in [-0.4, -0.2) is 48.1 Å². The number of aliphatic hydroxyl groups is 1. The lowest BCUT2D eigenvalue weighted by Crippen LogP contribution is -2.33. The number of carbonyl (C=O) groups excluding carboxylic acids is 2. The van der Waals surface area contributed by atoms with Crippen LogP contribution in [0.25, 0.3) is 0 Å². The van der Waals surface area contributed by atoms with Crippen molar-refractivity contribution in [3.8, 4) is 0 Å². The summed E-state index contributed by atoms with van der Waals surface area (Å²) in [5.74, 6) is 0.338. The second kappa shape index (κ2) is 7.78. The van der Waals surface area contributed by atoms with Crippen LogP contribution in [0.4, 0.5) is 0 Å². The van der Waals surface area contributed by atoms with Crippen molar-refractivity contribution in [1.82, 2.24) is 10.2 Å². The molecule has 5 nitrogen and oxygen atoms in total. The monoisotopic (exact) mass is 290 g/mol. The molecule has 1 heterocycles. The molecule has 0 saturated carbocycles. The van der Waals surface area contributed by atoms with Crippen LogP contribution < -0.4 is 5.32 Å². The molecule has 1 unspecified atom stereocenters. The van der Waals surface area contributed by atoms with E-state index in [9.17, 15) is 9.59 Å². The van der Waals surface area contributed by atoms with Crippen LogP contribution >= 0.6 is 0 Å². The molecule has 21 heavy (non-hydrogen) atoms. The second-order valence-electron chi connectivity index (χ2n) is 5.38. The highest BCUT2D eigenvalue weighted by atomic mass is 16.3. The normalized spacial score (nSPS) is 17.8. The molecule has 2 rings (SSSR count). The SMILES string of the molecule is O=C(NCCC(=O)N1CCC(CCO)C1)c1ccccc1. The number of likely N-dealkylation sites (tertiary alicyclic amines) is 1. The van der Waals surface area contributed by atoms with Crippen molar-refractivity contribution < 1.29 is 14.7 Å². The molecule has 1 aliphatic rings. The Hall–Kier alpha value is -1.88. The molecule has 1 aromatic carbocycles. The van der Waals surface area contributed by atoms with E-state index in [1.807, 2.05) is 23.1 Å². The molecule has 1 atom stereocenters. The maximum Gasteiger partial charge on any atom is 0.251 e. The molecule has 1 aliphatic heterocycles. The highest BCUT2D eigenvalue weighted by molar-refractivity contribution is 5.94. The predicted octanol–water partition coefficient (Wildman–Crippen LogP) is 1.04. The van der Waals surface area contributed by atoms with Crippen LogP contribution in [-0.2, 0) is 4.79 Å². The summed E-state index contributed by atoms with van der Waals surface area (Å²) in [6.07, 6.45) is 2.04. The number of hydrogen-bond donors (Lipinski definition) is 2. The molecule has 0 aliphatic carbocycles. The van der Waals surface area contributed by atoms with Gasteiger partial charge in [0.25, 0.3) is 5.91 Å². The predicted molar refractivity (Wildman–Crippen MR) is 79.8 cm³/mol. The van der Waals surface area contributed by atoms with E-state index in [1.165, 1.54) is 0 Å². The van der Waals surface area contributed by atoms with Crippen molar-refractivity contribution in [3.63, 3.8) is 0 Å². The van der Waals surface area contributed by atoms with E-state index >= 15 is 0 Å². The van der Waals surface area contributed by atoms with Gasteiger partial charge in [0.15, 0.2) is 0 Å². The van der Waals surface area contributed by atoms with Gasteiger partial charge in [-0.25, -0.2) is 0 Å². The highest BCUT2D eigenvalue weighted by Gasteiger charge is 2.25. The highest BCUT2D eigenvalue weighted by Crippen LogP contribution is 2.19. The van der Waals surface area contributed by atoms with Gasteiger partial charge in [0.2, 0.25) is 5.91 Å². The Morgan fingerprint density at radius 2 is 2.05 bits per heavy atom. The largest absolute Gasteiger partial charge is 0.396 e. The van der Waals surface area contributed by atoms with Crippen LogP contribution in [0.3, 0.4) is 0 Å². The molecule has 1 fully saturated rings. The Labute approximate surface area is 125 Å². The van der Waals surface area contributed by atoms with Gasteiger partial charge in [-0.05, 0) is 30.9 Å². The van der Waals surface area contributed by atoms with E-state index in [0.717, 1.165) is 25.9 Å². The van der Waals surface area contributed by atoms with E-state index in [2.05, 4.69) is 5.32 Å². The Morgan fingerprint density at radius 3 is 2.76 bits per heavy atom. The molecular weight excluding hydrogens is 268 g/mol. The fourth-order valence-electron chi connectivity index (χ4n) is 2.61. The summed E-state index contributed by atoms with van der Waals surface area (Å²) in [6, 6.07) is 8.97. The van der Waals surface area contributed by atoms with Gasteiger partial charge < -0.3 is 15.3 Å². The Bertz CT molecular complexity index is 476. The lowest BCUT2D eigenvalue weighted by atomic mass is 10.1. The smallest absolute Gasteiger partial charge is 0.251 e. The molecule has 0 spiro atoms. The molecule has 114 valence electrons. The van der Waals surface area contributed by atoms with Crippen molar-refractivity contribution in [2.75, 3.05) is 26.2 Å². The third-order valence-corrected chi connectivity index (χ3v) is 3.84. The lowest BCUT2D eigenvalue weighted by molar-refractivity contribution is -0.130. The summed E-state index contributed by atoms with van der Waals surface area (Å²) in [7, 11) is 0. The first-order valence-electron chi connectivity index (χ1n) is 7.42. The van der Waals surface area contributed by atoms with Crippen molar-refractivity contribution in [1.29, 1.82) is 0 Å². The Balaban J connectivity index is 1.69. The number of carbonyl (C=O) groups is 2. The zero-order valence-corrected chi connectivity index (χ0v) is 12.1. The van der Waals surface area contributed by atoms with Crippen molar-refractivity contribution in [2.24, 2.45) is 5.92 Å². The zero-order valence-electron chi connectivity index (χ0n) is 12.1. The minimum atomic E-state index is -0.150. The molecule has 0 radical (unpaired) electrons. The molecule has 0 bridgehead atoms. The van der Waals surface area contributed by atoms with Crippen molar-refractivity contribution >= 4 is 11.8 Å². The Kier molecular flexibility index (Phi) is 5.75. The number of rotatable bonds is 6. The summed E-state index contributed by atoms with van der Waals surface area (Å²) >= 11 is 0. The number of aliphatic hydroxyl groups excluding tert-OH is 1. The van der Waals surface area contributed by atoms with Crippen molar-refractivity contribution in [2.45, 2.75) is 19.3 Å². The van der Waals surface area contributed by atoms with Gasteiger partial charge in [-0.3, -0.25) is 9.59 Å². The van der Waals surface area contributed by atoms with E-state index in [-0.39, 0.29) is 18.4 Å². The first kappa shape index (κ1) is 15.5. The van der Waals surface area contributed by atoms with Gasteiger partial charge in [0.1, 0.15) is 0 Å². The maximum atomic E-state index is 12.0. The van der Waals surface area contributed by atoms with Crippen LogP contribution in [0, 0.1) is 5.92 Å². The third kappa shape index (κ3) is 4.56. The van der Waals surface area contributed by atoms with Gasteiger partial charge >= 0.3 is 0 Å². The second-order valence-corrected chi connectivity index (χ2v) is 5.38. The molecule has 2 N–H and O–H groups in total. The summed E-state index contributed by atoms with van der Waals surface area (Å²) in [5.41, 5.74) is 0.606. The van der Waals surface area contributed by atoms with E-state index in [1.54, 1.807) is 12.1 Å². The molecular formula is C16H22N2O3. The number of nitrogens with one attached hydrogen (secondary N) is 1. The number of benzene rings is 1. The van der Waals surface area contributed by atoms with Gasteiger partial charge in [-0.1, -0.05) is 18.2 Å². The fraction of sp³-hybridized carbons (Fsp3) is 0.500. The minimum Gasteiger partial charge on any atom is -0.396 e. The summed E-state index contributed by atoms with van der Waals surface area (Å²) in [4.78, 5) is 25.7. The molecule has 1 saturated heterocycles. The quantitative estimate of drug-likeness (QED) is 0.822. The first-order chi connectivity index (χ1) is 10.2. The average molecular weight is 290 g/mol.